The van der Waals surface area contributed by atoms with Crippen molar-refractivity contribution in [3.05, 3.63) is 68.3 Å². The number of aromatic nitrogens is 2. The van der Waals surface area contributed by atoms with Crippen LogP contribution in [0.4, 0.5) is 0 Å². The number of thiophene rings is 1. The number of carbonyl (C=O) groups is 1. The molecule has 150 valence electrons. The molecule has 1 aliphatic carbocycles. The first-order chi connectivity index (χ1) is 13.9. The van der Waals surface area contributed by atoms with Gasteiger partial charge in [0.2, 0.25) is 0 Å². The summed E-state index contributed by atoms with van der Waals surface area (Å²) >= 11 is 2.98. The lowest BCUT2D eigenvalue weighted by atomic mass is 9.97. The molecule has 0 amide bonds. The van der Waals surface area contributed by atoms with E-state index in [-0.39, 0.29) is 17.1 Å². The predicted molar refractivity (Wildman–Crippen MR) is 122 cm³/mol. The highest BCUT2D eigenvalue weighted by molar-refractivity contribution is 7.99. The highest BCUT2D eigenvalue weighted by Gasteiger charge is 2.22. The van der Waals surface area contributed by atoms with Gasteiger partial charge in [-0.05, 0) is 45.1 Å². The van der Waals surface area contributed by atoms with E-state index in [0.29, 0.717) is 17.3 Å². The molecule has 0 radical (unpaired) electrons. The second-order valence-electron chi connectivity index (χ2n) is 7.71. The summed E-state index contributed by atoms with van der Waals surface area (Å²) in [6, 6.07) is 7.58. The van der Waals surface area contributed by atoms with E-state index in [1.54, 1.807) is 15.9 Å². The molecule has 0 aliphatic heterocycles. The Kier molecular flexibility index (Phi) is 5.74. The maximum absolute atomic E-state index is 13.4. The first-order valence-electron chi connectivity index (χ1n) is 9.86. The van der Waals surface area contributed by atoms with E-state index in [1.807, 2.05) is 38.1 Å². The van der Waals surface area contributed by atoms with Crippen LogP contribution in [0.2, 0.25) is 0 Å². The van der Waals surface area contributed by atoms with Crippen molar-refractivity contribution in [3.8, 4) is 0 Å². The zero-order valence-electron chi connectivity index (χ0n) is 16.8. The zero-order valence-corrected chi connectivity index (χ0v) is 18.4. The number of hydrogen-bond acceptors (Lipinski definition) is 5. The highest BCUT2D eigenvalue weighted by Crippen LogP contribution is 2.34. The topological polar surface area (TPSA) is 52.0 Å². The quantitative estimate of drug-likeness (QED) is 0.236. The second kappa shape index (κ2) is 8.28. The Hall–Kier alpha value is -2.18. The van der Waals surface area contributed by atoms with Gasteiger partial charge in [0.1, 0.15) is 4.83 Å². The lowest BCUT2D eigenvalue weighted by molar-refractivity contribution is 0.102. The van der Waals surface area contributed by atoms with Gasteiger partial charge in [-0.1, -0.05) is 53.7 Å². The van der Waals surface area contributed by atoms with Crippen molar-refractivity contribution in [3.63, 3.8) is 0 Å². The number of allylic oxidation sites excluding steroid dienone is 1. The van der Waals surface area contributed by atoms with Crippen LogP contribution in [-0.2, 0) is 19.4 Å². The Morgan fingerprint density at radius 1 is 1.24 bits per heavy atom. The summed E-state index contributed by atoms with van der Waals surface area (Å²) in [6.07, 6.45) is 4.29. The second-order valence-corrected chi connectivity index (χ2v) is 9.74. The maximum atomic E-state index is 13.4. The van der Waals surface area contributed by atoms with Gasteiger partial charge in [-0.15, -0.1) is 11.3 Å². The largest absolute Gasteiger partial charge is 0.293 e. The van der Waals surface area contributed by atoms with E-state index in [4.69, 9.17) is 4.98 Å². The van der Waals surface area contributed by atoms with Crippen LogP contribution in [0.1, 0.15) is 46.1 Å². The van der Waals surface area contributed by atoms with Gasteiger partial charge in [0.25, 0.3) is 5.56 Å². The van der Waals surface area contributed by atoms with E-state index in [9.17, 15) is 9.59 Å². The number of ketones is 1. The van der Waals surface area contributed by atoms with Crippen LogP contribution in [0, 0.1) is 6.92 Å². The number of carbonyl (C=O) groups excluding carboxylic acids is 1. The molecular formula is C23H24N2O2S2. The summed E-state index contributed by atoms with van der Waals surface area (Å²) in [5.41, 5.74) is 3.89. The Labute approximate surface area is 178 Å². The molecule has 0 bridgehead atoms. The van der Waals surface area contributed by atoms with Gasteiger partial charge in [0.15, 0.2) is 10.9 Å². The average Bonchev–Trinajstić information content (AvgIpc) is 3.07. The Bertz CT molecular complexity index is 1160. The molecule has 2 aromatic heterocycles. The minimum Gasteiger partial charge on any atom is -0.293 e. The minimum atomic E-state index is 0.00249. The van der Waals surface area contributed by atoms with Gasteiger partial charge in [-0.3, -0.25) is 14.2 Å². The van der Waals surface area contributed by atoms with Crippen molar-refractivity contribution in [2.45, 2.75) is 51.2 Å². The van der Waals surface area contributed by atoms with E-state index >= 15 is 0 Å². The van der Waals surface area contributed by atoms with Crippen molar-refractivity contribution in [1.29, 1.82) is 0 Å². The monoisotopic (exact) mass is 424 g/mol. The van der Waals surface area contributed by atoms with Crippen LogP contribution in [0.25, 0.3) is 10.2 Å². The normalized spacial score (nSPS) is 13.4. The summed E-state index contributed by atoms with van der Waals surface area (Å²) in [4.78, 5) is 32.9. The van der Waals surface area contributed by atoms with Crippen LogP contribution >= 0.6 is 23.1 Å². The fourth-order valence-corrected chi connectivity index (χ4v) is 5.89. The zero-order chi connectivity index (χ0) is 20.5. The van der Waals surface area contributed by atoms with Gasteiger partial charge in [0, 0.05) is 17.0 Å². The lowest BCUT2D eigenvalue weighted by Crippen LogP contribution is -2.24. The first kappa shape index (κ1) is 20.1. The number of nitrogens with zero attached hydrogens (tertiary/aromatic N) is 2. The molecule has 0 fully saturated rings. The molecular weight excluding hydrogens is 400 g/mol. The molecule has 3 aromatic rings. The van der Waals surface area contributed by atoms with Gasteiger partial charge in [-0.25, -0.2) is 4.98 Å². The van der Waals surface area contributed by atoms with Gasteiger partial charge < -0.3 is 0 Å². The lowest BCUT2D eigenvalue weighted by Gasteiger charge is -2.13. The third kappa shape index (κ3) is 4.09. The Balaban J connectivity index is 1.70. The standard InChI is InChI=1S/C23H24N2O2S2/c1-14(2)12-25-22(27)20-17-6-4-5-7-19(17)29-21(20)24-23(25)28-13-18(26)16-10-8-15(3)9-11-16/h8-11H,1,4-7,12-13H2,2-3H3. The fraction of sp³-hybridized carbons (Fsp3) is 0.348. The van der Waals surface area contributed by atoms with Crippen LogP contribution < -0.4 is 5.56 Å². The molecule has 0 atom stereocenters. The number of Topliss-reactive ketones (excluding diaryl/α,β-unsaturated/α-hetero) is 1. The number of aryl methyl sites for hydroxylation is 3. The minimum absolute atomic E-state index is 0.00249. The molecule has 1 aromatic carbocycles. The number of rotatable bonds is 6. The molecule has 4 nitrogen and oxygen atoms in total. The van der Waals surface area contributed by atoms with Crippen LogP contribution in [0.3, 0.4) is 0 Å². The van der Waals surface area contributed by atoms with Crippen molar-refractivity contribution in [1.82, 2.24) is 9.55 Å². The maximum Gasteiger partial charge on any atom is 0.263 e. The summed E-state index contributed by atoms with van der Waals surface area (Å²) in [5.74, 6) is 0.291. The van der Waals surface area contributed by atoms with Gasteiger partial charge in [-0.2, -0.15) is 0 Å². The first-order valence-corrected chi connectivity index (χ1v) is 11.7. The fourth-order valence-electron chi connectivity index (χ4n) is 3.69. The van der Waals surface area contributed by atoms with Crippen LogP contribution in [0.15, 0.2) is 46.4 Å². The number of fused-ring (bicyclic) bond motifs is 3. The number of hydrogen-bond donors (Lipinski definition) is 0. The highest BCUT2D eigenvalue weighted by atomic mass is 32.2. The SMILES string of the molecule is C=C(C)Cn1c(SCC(=O)c2ccc(C)cc2)nc2sc3c(c2c1=O)CCCC3. The van der Waals surface area contributed by atoms with E-state index in [2.05, 4.69) is 6.58 Å². The molecule has 29 heavy (non-hydrogen) atoms. The van der Waals surface area contributed by atoms with E-state index < -0.39 is 0 Å². The van der Waals surface area contributed by atoms with Crippen molar-refractivity contribution < 1.29 is 4.79 Å². The summed E-state index contributed by atoms with van der Waals surface area (Å²) in [7, 11) is 0. The Morgan fingerprint density at radius 3 is 2.69 bits per heavy atom. The Morgan fingerprint density at radius 2 is 1.97 bits per heavy atom. The summed E-state index contributed by atoms with van der Waals surface area (Å²) < 4.78 is 1.69. The third-order valence-corrected chi connectivity index (χ3v) is 7.34. The molecule has 1 aliphatic rings. The third-order valence-electron chi connectivity index (χ3n) is 5.17. The molecule has 0 saturated heterocycles. The number of thioether (sulfide) groups is 1. The molecule has 4 rings (SSSR count). The van der Waals surface area contributed by atoms with E-state index in [1.165, 1.54) is 28.6 Å². The molecule has 0 saturated carbocycles. The molecule has 0 spiro atoms. The molecule has 6 heteroatoms. The molecule has 0 N–H and O–H groups in total. The van der Waals surface area contributed by atoms with Crippen molar-refractivity contribution >= 4 is 39.1 Å². The molecule has 0 unspecified atom stereocenters. The summed E-state index contributed by atoms with van der Waals surface area (Å²) in [6.45, 7) is 8.31. The average molecular weight is 425 g/mol. The van der Waals surface area contributed by atoms with Gasteiger partial charge in [0.05, 0.1) is 11.1 Å². The van der Waals surface area contributed by atoms with Crippen molar-refractivity contribution in [2.24, 2.45) is 0 Å². The number of benzene rings is 1. The predicted octanol–water partition coefficient (Wildman–Crippen LogP) is 5.20. The smallest absolute Gasteiger partial charge is 0.263 e. The van der Waals surface area contributed by atoms with E-state index in [0.717, 1.165) is 40.6 Å². The van der Waals surface area contributed by atoms with Crippen LogP contribution in [-0.4, -0.2) is 21.1 Å². The van der Waals surface area contributed by atoms with Gasteiger partial charge >= 0.3 is 0 Å². The van der Waals surface area contributed by atoms with Crippen LogP contribution in [0.5, 0.6) is 0 Å². The molecule has 2 heterocycles. The summed E-state index contributed by atoms with van der Waals surface area (Å²) in [5, 5.41) is 1.38. The van der Waals surface area contributed by atoms with Crippen molar-refractivity contribution in [2.75, 3.05) is 5.75 Å².